The molecule has 0 aromatic carbocycles. The lowest BCUT2D eigenvalue weighted by atomic mass is 10.4. The van der Waals surface area contributed by atoms with E-state index >= 15 is 0 Å². The molecule has 0 aromatic heterocycles. The van der Waals surface area contributed by atoms with E-state index in [0.29, 0.717) is 6.54 Å². The van der Waals surface area contributed by atoms with Crippen LogP contribution < -0.4 is 4.72 Å². The molecule has 68 valence electrons. The van der Waals surface area contributed by atoms with Gasteiger partial charge in [0.1, 0.15) is 0 Å². The Morgan fingerprint density at radius 2 is 1.82 bits per heavy atom. The summed E-state index contributed by atoms with van der Waals surface area (Å²) in [5.41, 5.74) is 0. The third-order valence-corrected chi connectivity index (χ3v) is 1.73. The summed E-state index contributed by atoms with van der Waals surface area (Å²) in [6.07, 6.45) is 0.882. The highest BCUT2D eigenvalue weighted by Gasteiger charge is 2.04. The van der Waals surface area contributed by atoms with E-state index in [9.17, 15) is 8.42 Å². The molecule has 4 nitrogen and oxygen atoms in total. The molecule has 0 aromatic rings. The van der Waals surface area contributed by atoms with Gasteiger partial charge in [-0.15, -0.1) is 0 Å². The predicted molar refractivity (Wildman–Crippen MR) is 45.8 cm³/mol. The first kappa shape index (κ1) is 10.9. The molecule has 0 heterocycles. The summed E-state index contributed by atoms with van der Waals surface area (Å²) in [6.45, 7) is 1.53. The summed E-state index contributed by atoms with van der Waals surface area (Å²) in [6, 6.07) is 0. The van der Waals surface area contributed by atoms with E-state index in [1.54, 1.807) is 0 Å². The Morgan fingerprint density at radius 1 is 1.27 bits per heavy atom. The Labute approximate surface area is 69.9 Å². The van der Waals surface area contributed by atoms with Gasteiger partial charge in [0.05, 0.1) is 27.7 Å². The molecular weight excluding hydrogens is 164 g/mol. The molecule has 0 saturated heterocycles. The summed E-state index contributed by atoms with van der Waals surface area (Å²) < 4.78 is 23.3. The molecule has 0 fully saturated rings. The van der Waals surface area contributed by atoms with Crippen LogP contribution in [0.25, 0.3) is 0 Å². The van der Waals surface area contributed by atoms with Crippen LogP contribution in [0.5, 0.6) is 0 Å². The van der Waals surface area contributed by atoms with Crippen molar-refractivity contribution in [1.82, 2.24) is 4.72 Å². The Hall–Kier alpha value is -0.130. The van der Waals surface area contributed by atoms with Crippen LogP contribution in [0.3, 0.4) is 0 Å². The maximum Gasteiger partial charge on any atom is 0.201 e. The second-order valence-corrected chi connectivity index (χ2v) is 4.36. The van der Waals surface area contributed by atoms with Gasteiger partial charge in [0.15, 0.2) is 0 Å². The van der Waals surface area contributed by atoms with Crippen LogP contribution in [-0.4, -0.2) is 47.1 Å². The van der Waals surface area contributed by atoms with E-state index in [-0.39, 0.29) is 0 Å². The first-order valence-electron chi connectivity index (χ1n) is 3.60. The predicted octanol–water partition coefficient (Wildman–Crippen LogP) is -0.801. The molecule has 0 saturated carbocycles. The molecule has 1 N–H and O–H groups in total. The van der Waals surface area contributed by atoms with E-state index in [1.807, 2.05) is 0 Å². The minimum absolute atomic E-state index is 0.550. The smallest absolute Gasteiger partial charge is 0.201 e. The van der Waals surface area contributed by atoms with Crippen molar-refractivity contribution in [1.29, 1.82) is 0 Å². The minimum atomic E-state index is -2.40. The van der Waals surface area contributed by atoms with E-state index < -0.39 is 10.9 Å². The molecule has 0 unspecified atom stereocenters. The number of hydrogen-bond donors (Lipinski definition) is 2. The Balaban J connectivity index is 3.29. The van der Waals surface area contributed by atoms with Gasteiger partial charge in [0.2, 0.25) is 10.9 Å². The monoisotopic (exact) mass is 181 g/mol. The lowest BCUT2D eigenvalue weighted by Gasteiger charge is -2.23. The van der Waals surface area contributed by atoms with E-state index in [0.717, 1.165) is 17.4 Å². The molecule has 0 aliphatic heterocycles. The van der Waals surface area contributed by atoms with Crippen LogP contribution in [0.15, 0.2) is 0 Å². The number of nitrogens with zero attached hydrogens (tertiary/aromatic N) is 1. The average Bonchev–Trinajstić information content (AvgIpc) is 1.78. The van der Waals surface area contributed by atoms with Crippen LogP contribution >= 0.6 is 0 Å². The largest absolute Gasteiger partial charge is 0.331 e. The average molecular weight is 181 g/mol. The standard InChI is InChI=1S/C6H17N2O2S/c1-8(2,3)6-4-5-7-11(9)10/h11H,4-6H2,1-3H3,(H,7,9,10)/q+1. The number of nitrogens with one attached hydrogen (secondary N) is 1. The normalized spacial score (nSPS) is 12.4. The Bertz CT molecular complexity index is 164. The van der Waals surface area contributed by atoms with Gasteiger partial charge >= 0.3 is 0 Å². The minimum Gasteiger partial charge on any atom is -0.331 e. The zero-order chi connectivity index (χ0) is 8.91. The number of hydrogen-bond acceptors (Lipinski definition) is 2. The zero-order valence-electron chi connectivity index (χ0n) is 7.33. The fourth-order valence-corrected chi connectivity index (χ4v) is 1.06. The maximum absolute atomic E-state index is 10.0. The molecule has 0 aliphatic rings. The molecule has 0 spiro atoms. The summed E-state index contributed by atoms with van der Waals surface area (Å²) in [5.74, 6) is 0. The van der Waals surface area contributed by atoms with Gasteiger partial charge in [-0.2, -0.15) is 0 Å². The van der Waals surface area contributed by atoms with Crippen molar-refractivity contribution < 1.29 is 12.9 Å². The van der Waals surface area contributed by atoms with Crippen LogP contribution in [0, 0.1) is 0 Å². The lowest BCUT2D eigenvalue weighted by Crippen LogP contribution is -2.36. The first-order chi connectivity index (χ1) is 4.92. The molecule has 0 aliphatic carbocycles. The van der Waals surface area contributed by atoms with Gasteiger partial charge in [-0.1, -0.05) is 0 Å². The highest BCUT2D eigenvalue weighted by molar-refractivity contribution is 7.70. The van der Waals surface area contributed by atoms with Gasteiger partial charge in [-0.25, -0.2) is 13.1 Å². The molecule has 0 rings (SSSR count). The second kappa shape index (κ2) is 4.69. The Morgan fingerprint density at radius 3 is 2.18 bits per heavy atom. The highest BCUT2D eigenvalue weighted by Crippen LogP contribution is 1.91. The van der Waals surface area contributed by atoms with Crippen molar-refractivity contribution in [2.24, 2.45) is 0 Å². The van der Waals surface area contributed by atoms with Crippen molar-refractivity contribution in [2.45, 2.75) is 6.42 Å². The third-order valence-electron chi connectivity index (χ3n) is 1.25. The summed E-state index contributed by atoms with van der Waals surface area (Å²) >= 11 is 0. The molecule has 11 heavy (non-hydrogen) atoms. The topological polar surface area (TPSA) is 46.2 Å². The van der Waals surface area contributed by atoms with Crippen LogP contribution in [0.1, 0.15) is 6.42 Å². The van der Waals surface area contributed by atoms with Gasteiger partial charge < -0.3 is 4.48 Å². The van der Waals surface area contributed by atoms with Crippen LogP contribution in [0.2, 0.25) is 0 Å². The molecule has 5 heteroatoms. The fourth-order valence-electron chi connectivity index (χ4n) is 0.724. The van der Waals surface area contributed by atoms with Crippen molar-refractivity contribution in [3.63, 3.8) is 0 Å². The van der Waals surface area contributed by atoms with Gasteiger partial charge in [0.25, 0.3) is 0 Å². The quantitative estimate of drug-likeness (QED) is 0.331. The molecule has 0 amide bonds. The van der Waals surface area contributed by atoms with Gasteiger partial charge in [-0.05, 0) is 0 Å². The number of quaternary nitrogens is 1. The maximum atomic E-state index is 10.0. The zero-order valence-corrected chi connectivity index (χ0v) is 8.23. The number of rotatable bonds is 5. The summed E-state index contributed by atoms with van der Waals surface area (Å²) in [4.78, 5) is 0. The van der Waals surface area contributed by atoms with E-state index in [4.69, 9.17) is 0 Å². The number of thiol groups is 1. The van der Waals surface area contributed by atoms with Crippen LogP contribution in [-0.2, 0) is 10.9 Å². The fraction of sp³-hybridized carbons (Fsp3) is 1.00. The van der Waals surface area contributed by atoms with Crippen molar-refractivity contribution in [2.75, 3.05) is 34.2 Å². The van der Waals surface area contributed by atoms with Gasteiger partial charge in [-0.3, -0.25) is 0 Å². The molecule has 0 bridgehead atoms. The van der Waals surface area contributed by atoms with Crippen molar-refractivity contribution in [3.05, 3.63) is 0 Å². The van der Waals surface area contributed by atoms with Gasteiger partial charge in [0, 0.05) is 13.0 Å². The lowest BCUT2D eigenvalue weighted by molar-refractivity contribution is -0.870. The molecular formula is C6H17N2O2S+. The van der Waals surface area contributed by atoms with Crippen molar-refractivity contribution >= 4 is 10.9 Å². The second-order valence-electron chi connectivity index (χ2n) is 3.53. The molecule has 0 radical (unpaired) electrons. The third kappa shape index (κ3) is 9.87. The molecule has 0 atom stereocenters. The van der Waals surface area contributed by atoms with E-state index in [2.05, 4.69) is 25.9 Å². The Kier molecular flexibility index (Phi) is 4.63. The highest BCUT2D eigenvalue weighted by atomic mass is 32.2. The summed E-state index contributed by atoms with van der Waals surface area (Å²) in [7, 11) is 3.84. The summed E-state index contributed by atoms with van der Waals surface area (Å²) in [5, 5.41) is 0. The first-order valence-corrected chi connectivity index (χ1v) is 4.78. The SMILES string of the molecule is C[N+](C)(C)CCCN[SH](=O)=O. The van der Waals surface area contributed by atoms with Crippen LogP contribution in [0.4, 0.5) is 0 Å². The van der Waals surface area contributed by atoms with E-state index in [1.165, 1.54) is 0 Å². The van der Waals surface area contributed by atoms with Crippen molar-refractivity contribution in [3.8, 4) is 0 Å².